The van der Waals surface area contributed by atoms with Gasteiger partial charge in [0.2, 0.25) is 0 Å². The second kappa shape index (κ2) is 6.32. The van der Waals surface area contributed by atoms with E-state index < -0.39 is 0 Å². The Bertz CT molecular complexity index is 1480. The van der Waals surface area contributed by atoms with Crippen molar-refractivity contribution in [2.24, 2.45) is 0 Å². The molecule has 0 fully saturated rings. The third-order valence-electron chi connectivity index (χ3n) is 5.56. The summed E-state index contributed by atoms with van der Waals surface area (Å²) in [6, 6.07) is 38.2. The molecular weight excluding hydrogens is 352 g/mol. The highest BCUT2D eigenvalue weighted by molar-refractivity contribution is 6.22. The van der Waals surface area contributed by atoms with Gasteiger partial charge in [-0.3, -0.25) is 0 Å². The van der Waals surface area contributed by atoms with E-state index in [1.165, 1.54) is 27.2 Å². The minimum absolute atomic E-state index is 1.01. The zero-order valence-electron chi connectivity index (χ0n) is 15.8. The SMILES string of the molecule is c1ccc(-c2nc3ccccc3c3c2c2ccccc2n3-c2ccccc2)cc1. The first-order valence-corrected chi connectivity index (χ1v) is 9.84. The van der Waals surface area contributed by atoms with E-state index in [4.69, 9.17) is 4.98 Å². The van der Waals surface area contributed by atoms with Crippen LogP contribution in [0.25, 0.3) is 49.7 Å². The van der Waals surface area contributed by atoms with Crippen LogP contribution in [-0.2, 0) is 0 Å². The molecule has 6 aromatic rings. The Morgan fingerprint density at radius 3 is 1.97 bits per heavy atom. The van der Waals surface area contributed by atoms with E-state index in [0.717, 1.165) is 22.5 Å². The van der Waals surface area contributed by atoms with Gasteiger partial charge in [-0.1, -0.05) is 84.9 Å². The van der Waals surface area contributed by atoms with Crippen LogP contribution < -0.4 is 0 Å². The molecule has 0 atom stereocenters. The van der Waals surface area contributed by atoms with Gasteiger partial charge in [0.15, 0.2) is 0 Å². The first-order valence-electron chi connectivity index (χ1n) is 9.84. The lowest BCUT2D eigenvalue weighted by molar-refractivity contribution is 1.18. The number of benzene rings is 4. The van der Waals surface area contributed by atoms with Crippen LogP contribution in [0.2, 0.25) is 0 Å². The lowest BCUT2D eigenvalue weighted by Gasteiger charge is -2.11. The minimum atomic E-state index is 1.01. The van der Waals surface area contributed by atoms with E-state index in [0.29, 0.717) is 0 Å². The van der Waals surface area contributed by atoms with E-state index in [-0.39, 0.29) is 0 Å². The van der Waals surface area contributed by atoms with Crippen molar-refractivity contribution in [2.45, 2.75) is 0 Å². The maximum Gasteiger partial charge on any atom is 0.0809 e. The summed E-state index contributed by atoms with van der Waals surface area (Å²) in [4.78, 5) is 5.12. The maximum atomic E-state index is 5.12. The first-order chi connectivity index (χ1) is 14.4. The summed E-state index contributed by atoms with van der Waals surface area (Å²) in [6.07, 6.45) is 0. The topological polar surface area (TPSA) is 17.8 Å². The summed E-state index contributed by atoms with van der Waals surface area (Å²) in [5.74, 6) is 0. The normalized spacial score (nSPS) is 11.4. The van der Waals surface area contributed by atoms with E-state index in [2.05, 4.69) is 114 Å². The molecule has 2 heterocycles. The zero-order chi connectivity index (χ0) is 19.2. The van der Waals surface area contributed by atoms with Crippen LogP contribution in [0.4, 0.5) is 0 Å². The van der Waals surface area contributed by atoms with Crippen LogP contribution in [-0.4, -0.2) is 9.55 Å². The molecule has 0 aliphatic carbocycles. The number of rotatable bonds is 2. The fourth-order valence-corrected chi connectivity index (χ4v) is 4.33. The maximum absolute atomic E-state index is 5.12. The number of nitrogens with zero attached hydrogens (tertiary/aromatic N) is 2. The highest BCUT2D eigenvalue weighted by Gasteiger charge is 2.19. The molecule has 0 aliphatic heterocycles. The second-order valence-electron chi connectivity index (χ2n) is 7.26. The Balaban J connectivity index is 1.92. The van der Waals surface area contributed by atoms with Gasteiger partial charge in [-0.2, -0.15) is 0 Å². The number of aromatic nitrogens is 2. The van der Waals surface area contributed by atoms with E-state index in [1.807, 2.05) is 0 Å². The predicted octanol–water partition coefficient (Wildman–Crippen LogP) is 7.00. The molecule has 29 heavy (non-hydrogen) atoms. The average Bonchev–Trinajstić information content (AvgIpc) is 3.15. The Morgan fingerprint density at radius 1 is 0.552 bits per heavy atom. The molecule has 0 aliphatic rings. The van der Waals surface area contributed by atoms with Crippen LogP contribution >= 0.6 is 0 Å². The van der Waals surface area contributed by atoms with Crippen molar-refractivity contribution in [1.29, 1.82) is 0 Å². The molecule has 0 saturated carbocycles. The highest BCUT2D eigenvalue weighted by Crippen LogP contribution is 2.40. The number of para-hydroxylation sites is 3. The molecular formula is C27H18N2. The van der Waals surface area contributed by atoms with Crippen LogP contribution in [0.3, 0.4) is 0 Å². The van der Waals surface area contributed by atoms with Crippen LogP contribution in [0.1, 0.15) is 0 Å². The minimum Gasteiger partial charge on any atom is -0.308 e. The Morgan fingerprint density at radius 2 is 1.17 bits per heavy atom. The van der Waals surface area contributed by atoms with Crippen molar-refractivity contribution in [3.8, 4) is 16.9 Å². The van der Waals surface area contributed by atoms with Gasteiger partial charge in [-0.05, 0) is 24.3 Å². The lowest BCUT2D eigenvalue weighted by atomic mass is 10.0. The molecule has 0 amide bonds. The summed E-state index contributed by atoms with van der Waals surface area (Å²) in [5, 5.41) is 3.60. The molecule has 0 spiro atoms. The molecule has 0 radical (unpaired) electrons. The van der Waals surface area contributed by atoms with Crippen molar-refractivity contribution < 1.29 is 0 Å². The highest BCUT2D eigenvalue weighted by atomic mass is 15.0. The molecule has 0 N–H and O–H groups in total. The van der Waals surface area contributed by atoms with Gasteiger partial charge in [0, 0.05) is 27.4 Å². The number of pyridine rings is 1. The van der Waals surface area contributed by atoms with Crippen LogP contribution in [0, 0.1) is 0 Å². The largest absolute Gasteiger partial charge is 0.308 e. The van der Waals surface area contributed by atoms with Crippen molar-refractivity contribution >= 4 is 32.7 Å². The van der Waals surface area contributed by atoms with E-state index in [1.54, 1.807) is 0 Å². The first kappa shape index (κ1) is 16.1. The number of fused-ring (bicyclic) bond motifs is 5. The van der Waals surface area contributed by atoms with Gasteiger partial charge in [0.25, 0.3) is 0 Å². The summed E-state index contributed by atoms with van der Waals surface area (Å²) in [5.41, 5.74) is 6.75. The molecule has 4 aromatic carbocycles. The third-order valence-corrected chi connectivity index (χ3v) is 5.56. The molecule has 0 saturated heterocycles. The number of hydrogen-bond acceptors (Lipinski definition) is 1. The van der Waals surface area contributed by atoms with Gasteiger partial charge in [-0.25, -0.2) is 4.98 Å². The summed E-state index contributed by atoms with van der Waals surface area (Å²) < 4.78 is 2.38. The number of hydrogen-bond donors (Lipinski definition) is 0. The fraction of sp³-hybridized carbons (Fsp3) is 0. The smallest absolute Gasteiger partial charge is 0.0809 e. The summed E-state index contributed by atoms with van der Waals surface area (Å²) in [6.45, 7) is 0. The molecule has 2 nitrogen and oxygen atoms in total. The van der Waals surface area contributed by atoms with Gasteiger partial charge in [0.05, 0.1) is 22.2 Å². The lowest BCUT2D eigenvalue weighted by Crippen LogP contribution is -1.95. The molecule has 6 rings (SSSR count). The van der Waals surface area contributed by atoms with Gasteiger partial charge in [-0.15, -0.1) is 0 Å². The molecule has 2 heteroatoms. The van der Waals surface area contributed by atoms with Crippen LogP contribution in [0.5, 0.6) is 0 Å². The average molecular weight is 370 g/mol. The molecule has 0 unspecified atom stereocenters. The molecule has 0 bridgehead atoms. The third kappa shape index (κ3) is 2.39. The molecule has 136 valence electrons. The standard InChI is InChI=1S/C27H18N2/c1-3-11-19(12-4-1)26-25-22-16-8-10-18-24(22)29(20-13-5-2-6-14-20)27(25)21-15-7-9-17-23(21)28-26/h1-18H. The molecule has 2 aromatic heterocycles. The van der Waals surface area contributed by atoms with Crippen molar-refractivity contribution in [2.75, 3.05) is 0 Å². The van der Waals surface area contributed by atoms with Crippen molar-refractivity contribution in [3.05, 3.63) is 109 Å². The Hall–Kier alpha value is -3.91. The van der Waals surface area contributed by atoms with Crippen molar-refractivity contribution in [3.63, 3.8) is 0 Å². The van der Waals surface area contributed by atoms with Gasteiger partial charge >= 0.3 is 0 Å². The van der Waals surface area contributed by atoms with Gasteiger partial charge in [0.1, 0.15) is 0 Å². The second-order valence-corrected chi connectivity index (χ2v) is 7.26. The zero-order valence-corrected chi connectivity index (χ0v) is 15.8. The monoisotopic (exact) mass is 370 g/mol. The predicted molar refractivity (Wildman–Crippen MR) is 122 cm³/mol. The van der Waals surface area contributed by atoms with Crippen LogP contribution in [0.15, 0.2) is 109 Å². The van der Waals surface area contributed by atoms with Crippen molar-refractivity contribution in [1.82, 2.24) is 9.55 Å². The fourth-order valence-electron chi connectivity index (χ4n) is 4.33. The summed E-state index contributed by atoms with van der Waals surface area (Å²) in [7, 11) is 0. The quantitative estimate of drug-likeness (QED) is 0.321. The van der Waals surface area contributed by atoms with E-state index in [9.17, 15) is 0 Å². The Kier molecular flexibility index (Phi) is 3.50. The van der Waals surface area contributed by atoms with Gasteiger partial charge < -0.3 is 4.57 Å². The Labute approximate surface area is 168 Å². The van der Waals surface area contributed by atoms with E-state index >= 15 is 0 Å². The summed E-state index contributed by atoms with van der Waals surface area (Å²) >= 11 is 0.